The van der Waals surface area contributed by atoms with Crippen molar-refractivity contribution in [2.45, 2.75) is 0 Å². The number of furan rings is 1. The fourth-order valence-electron chi connectivity index (χ4n) is 3.65. The van der Waals surface area contributed by atoms with Crippen LogP contribution in [0.2, 0.25) is 0 Å². The molecule has 0 radical (unpaired) electrons. The minimum Gasteiger partial charge on any atom is -0.449 e. The molecule has 0 atom stereocenters. The number of thiophene rings is 1. The summed E-state index contributed by atoms with van der Waals surface area (Å²) in [5.41, 5.74) is 2.95. The van der Waals surface area contributed by atoms with E-state index in [2.05, 4.69) is 21.3 Å². The number of fused-ring (bicyclic) bond motifs is 1. The topological polar surface area (TPSA) is 52.5 Å². The first-order valence-electron chi connectivity index (χ1n) is 9.02. The maximum Gasteiger partial charge on any atom is 0.253 e. The third-order valence-electron chi connectivity index (χ3n) is 5.10. The molecular formula is C21H19N3O2S. The molecule has 4 heterocycles. The van der Waals surface area contributed by atoms with Gasteiger partial charge in [-0.3, -0.25) is 4.79 Å². The largest absolute Gasteiger partial charge is 0.449 e. The molecule has 5 rings (SSSR count). The number of hydrogen-bond donors (Lipinski definition) is 1. The van der Waals surface area contributed by atoms with E-state index in [-0.39, 0.29) is 5.91 Å². The molecule has 136 valence electrons. The van der Waals surface area contributed by atoms with Gasteiger partial charge in [0.05, 0.1) is 6.26 Å². The maximum atomic E-state index is 13.0. The molecule has 6 heteroatoms. The van der Waals surface area contributed by atoms with Crippen molar-refractivity contribution in [3.63, 3.8) is 0 Å². The van der Waals surface area contributed by atoms with Crippen molar-refractivity contribution >= 4 is 34.0 Å². The second-order valence-electron chi connectivity index (χ2n) is 6.67. The number of carbonyl (C=O) groups excluding carboxylic acids is 1. The number of aromatic nitrogens is 1. The second kappa shape index (κ2) is 6.63. The zero-order valence-electron chi connectivity index (χ0n) is 14.7. The van der Waals surface area contributed by atoms with Gasteiger partial charge < -0.3 is 19.2 Å². The number of nitrogens with zero attached hydrogens (tertiary/aromatic N) is 2. The number of aromatic amines is 1. The lowest BCUT2D eigenvalue weighted by Crippen LogP contribution is -2.48. The summed E-state index contributed by atoms with van der Waals surface area (Å²) in [5.74, 6) is 0.964. The van der Waals surface area contributed by atoms with Gasteiger partial charge in [-0.25, -0.2) is 0 Å². The molecule has 0 unspecified atom stereocenters. The highest BCUT2D eigenvalue weighted by Crippen LogP contribution is 2.32. The first-order valence-corrected chi connectivity index (χ1v) is 9.90. The van der Waals surface area contributed by atoms with Crippen molar-refractivity contribution in [2.75, 3.05) is 31.1 Å². The Morgan fingerprint density at radius 3 is 2.70 bits per heavy atom. The lowest BCUT2D eigenvalue weighted by atomic mass is 10.1. The molecule has 4 aromatic rings. The summed E-state index contributed by atoms with van der Waals surface area (Å²) in [5, 5.41) is 3.17. The monoisotopic (exact) mass is 377 g/mol. The third kappa shape index (κ3) is 2.92. The normalized spacial score (nSPS) is 14.8. The number of rotatable bonds is 3. The summed E-state index contributed by atoms with van der Waals surface area (Å²) in [6, 6.07) is 13.9. The highest BCUT2D eigenvalue weighted by atomic mass is 32.1. The standard InChI is InChI=1S/C21H19N3O2S/c25-21(24-9-7-23(8-10-24)20-4-1-11-26-20)15-5-6-18-16(13-15)17(14-22-18)19-3-2-12-27-19/h1-6,11-14,22H,7-10H2. The van der Waals surface area contributed by atoms with Crippen LogP contribution >= 0.6 is 11.3 Å². The van der Waals surface area contributed by atoms with E-state index in [4.69, 9.17) is 4.42 Å². The van der Waals surface area contributed by atoms with Crippen molar-refractivity contribution < 1.29 is 9.21 Å². The second-order valence-corrected chi connectivity index (χ2v) is 7.62. The predicted octanol–water partition coefficient (Wildman–Crippen LogP) is 4.45. The van der Waals surface area contributed by atoms with Crippen LogP contribution in [0.5, 0.6) is 0 Å². The summed E-state index contributed by atoms with van der Waals surface area (Å²) in [7, 11) is 0. The fraction of sp³-hybridized carbons (Fsp3) is 0.190. The van der Waals surface area contributed by atoms with Crippen LogP contribution in [0.4, 0.5) is 5.88 Å². The lowest BCUT2D eigenvalue weighted by molar-refractivity contribution is 0.0745. The highest BCUT2D eigenvalue weighted by molar-refractivity contribution is 7.13. The highest BCUT2D eigenvalue weighted by Gasteiger charge is 2.23. The number of benzene rings is 1. The summed E-state index contributed by atoms with van der Waals surface area (Å²) in [6.07, 6.45) is 3.71. The van der Waals surface area contributed by atoms with Gasteiger partial charge in [-0.2, -0.15) is 0 Å². The Morgan fingerprint density at radius 1 is 1.07 bits per heavy atom. The summed E-state index contributed by atoms with van der Waals surface area (Å²) in [4.78, 5) is 21.7. The molecule has 3 aromatic heterocycles. The number of piperazine rings is 1. The molecule has 5 nitrogen and oxygen atoms in total. The number of amides is 1. The maximum absolute atomic E-state index is 13.0. The Kier molecular flexibility index (Phi) is 3.98. The van der Waals surface area contributed by atoms with Gasteiger partial charge >= 0.3 is 0 Å². The van der Waals surface area contributed by atoms with E-state index in [1.807, 2.05) is 47.5 Å². The van der Waals surface area contributed by atoms with Gasteiger partial charge in [-0.05, 0) is 35.7 Å². The molecule has 0 saturated carbocycles. The van der Waals surface area contributed by atoms with Gasteiger partial charge in [0.25, 0.3) is 5.91 Å². The average Bonchev–Trinajstić information content (AvgIpc) is 3.48. The number of H-pyrrole nitrogens is 1. The van der Waals surface area contributed by atoms with Crippen LogP contribution in [-0.4, -0.2) is 42.0 Å². The van der Waals surface area contributed by atoms with E-state index in [9.17, 15) is 4.79 Å². The third-order valence-corrected chi connectivity index (χ3v) is 6.00. The molecule has 1 aromatic carbocycles. The molecule has 27 heavy (non-hydrogen) atoms. The van der Waals surface area contributed by atoms with E-state index in [0.717, 1.165) is 41.0 Å². The summed E-state index contributed by atoms with van der Waals surface area (Å²) >= 11 is 1.71. The Hall–Kier alpha value is -2.99. The van der Waals surface area contributed by atoms with Crippen LogP contribution in [0.15, 0.2) is 64.7 Å². The Bertz CT molecular complexity index is 1060. The number of carbonyl (C=O) groups is 1. The molecular weight excluding hydrogens is 358 g/mol. The molecule has 1 aliphatic heterocycles. The molecule has 1 saturated heterocycles. The van der Waals surface area contributed by atoms with E-state index < -0.39 is 0 Å². The van der Waals surface area contributed by atoms with Crippen molar-refractivity contribution in [1.29, 1.82) is 0 Å². The molecule has 1 amide bonds. The summed E-state index contributed by atoms with van der Waals surface area (Å²) in [6.45, 7) is 2.96. The van der Waals surface area contributed by atoms with E-state index in [1.54, 1.807) is 17.6 Å². The first kappa shape index (κ1) is 16.2. The van der Waals surface area contributed by atoms with Crippen molar-refractivity contribution in [1.82, 2.24) is 9.88 Å². The zero-order valence-corrected chi connectivity index (χ0v) is 15.5. The quantitative estimate of drug-likeness (QED) is 0.574. The molecule has 1 N–H and O–H groups in total. The van der Waals surface area contributed by atoms with Gasteiger partial charge in [0, 0.05) is 65.3 Å². The van der Waals surface area contributed by atoms with E-state index in [0.29, 0.717) is 13.1 Å². The minimum atomic E-state index is 0.0920. The molecule has 1 aliphatic rings. The molecule has 0 spiro atoms. The average molecular weight is 377 g/mol. The van der Waals surface area contributed by atoms with Crippen LogP contribution in [0, 0.1) is 0 Å². The van der Waals surface area contributed by atoms with E-state index in [1.165, 1.54) is 4.88 Å². The van der Waals surface area contributed by atoms with Gasteiger partial charge in [0.1, 0.15) is 0 Å². The summed E-state index contributed by atoms with van der Waals surface area (Å²) < 4.78 is 5.46. The minimum absolute atomic E-state index is 0.0920. The van der Waals surface area contributed by atoms with Gasteiger partial charge in [0.15, 0.2) is 5.88 Å². The molecule has 0 aliphatic carbocycles. The van der Waals surface area contributed by atoms with Crippen molar-refractivity contribution in [2.24, 2.45) is 0 Å². The van der Waals surface area contributed by atoms with Crippen LogP contribution < -0.4 is 4.90 Å². The number of anilines is 1. The number of hydrogen-bond acceptors (Lipinski definition) is 4. The molecule has 1 fully saturated rings. The first-order chi connectivity index (χ1) is 13.3. The number of nitrogens with one attached hydrogen (secondary N) is 1. The van der Waals surface area contributed by atoms with Crippen molar-refractivity contribution in [3.8, 4) is 10.4 Å². The van der Waals surface area contributed by atoms with Crippen molar-refractivity contribution in [3.05, 3.63) is 65.9 Å². The van der Waals surface area contributed by atoms with Crippen LogP contribution in [0.1, 0.15) is 10.4 Å². The van der Waals surface area contributed by atoms with Crippen LogP contribution in [-0.2, 0) is 0 Å². The van der Waals surface area contributed by atoms with Crippen LogP contribution in [0.25, 0.3) is 21.3 Å². The Balaban J connectivity index is 1.37. The van der Waals surface area contributed by atoms with Gasteiger partial charge in [-0.15, -0.1) is 11.3 Å². The van der Waals surface area contributed by atoms with E-state index >= 15 is 0 Å². The predicted molar refractivity (Wildman–Crippen MR) is 108 cm³/mol. The van der Waals surface area contributed by atoms with Gasteiger partial charge in [0.2, 0.25) is 0 Å². The van der Waals surface area contributed by atoms with Gasteiger partial charge in [-0.1, -0.05) is 6.07 Å². The zero-order chi connectivity index (χ0) is 18.2. The lowest BCUT2D eigenvalue weighted by Gasteiger charge is -2.34. The SMILES string of the molecule is O=C(c1ccc2[nH]cc(-c3cccs3)c2c1)N1CCN(c2ccco2)CC1. The molecule has 0 bridgehead atoms. The Morgan fingerprint density at radius 2 is 1.96 bits per heavy atom. The fourth-order valence-corrected chi connectivity index (χ4v) is 4.41. The van der Waals surface area contributed by atoms with Crippen LogP contribution in [0.3, 0.4) is 0 Å². The smallest absolute Gasteiger partial charge is 0.253 e. The Labute approximate surface area is 160 Å².